The van der Waals surface area contributed by atoms with Gasteiger partial charge in [-0.1, -0.05) is 23.7 Å². The first-order valence-corrected chi connectivity index (χ1v) is 7.14. The molecule has 2 aromatic carbocycles. The van der Waals surface area contributed by atoms with Crippen molar-refractivity contribution in [3.8, 4) is 11.5 Å². The molecule has 0 spiro atoms. The standard InChI is InChI=1S/C15H15BrClNO/c1-10-3-5-14(12(16)7-10)19-15-6-4-11(9-18-2)8-13(15)17/h3-8,18H,9H2,1-2H3. The lowest BCUT2D eigenvalue weighted by molar-refractivity contribution is 0.479. The molecule has 1 N–H and O–H groups in total. The molecule has 2 nitrogen and oxygen atoms in total. The molecular formula is C15H15BrClNO. The van der Waals surface area contributed by atoms with Gasteiger partial charge in [-0.05, 0) is 65.3 Å². The minimum atomic E-state index is 0.611. The molecule has 0 amide bonds. The smallest absolute Gasteiger partial charge is 0.146 e. The highest BCUT2D eigenvalue weighted by Crippen LogP contribution is 2.34. The summed E-state index contributed by atoms with van der Waals surface area (Å²) in [6.07, 6.45) is 0. The van der Waals surface area contributed by atoms with Crippen LogP contribution in [0.15, 0.2) is 40.9 Å². The van der Waals surface area contributed by atoms with Crippen LogP contribution in [0.1, 0.15) is 11.1 Å². The molecule has 0 aromatic heterocycles. The van der Waals surface area contributed by atoms with Crippen molar-refractivity contribution in [3.63, 3.8) is 0 Å². The van der Waals surface area contributed by atoms with Crippen molar-refractivity contribution in [2.45, 2.75) is 13.5 Å². The summed E-state index contributed by atoms with van der Waals surface area (Å²) in [5, 5.41) is 3.70. The van der Waals surface area contributed by atoms with Crippen LogP contribution in [-0.2, 0) is 6.54 Å². The number of benzene rings is 2. The monoisotopic (exact) mass is 339 g/mol. The van der Waals surface area contributed by atoms with Gasteiger partial charge in [0.25, 0.3) is 0 Å². The summed E-state index contributed by atoms with van der Waals surface area (Å²) in [5.74, 6) is 1.42. The third-order valence-corrected chi connectivity index (χ3v) is 3.60. The molecule has 0 saturated heterocycles. The predicted molar refractivity (Wildman–Crippen MR) is 83.2 cm³/mol. The molecule has 2 rings (SSSR count). The number of hydrogen-bond acceptors (Lipinski definition) is 2. The first-order chi connectivity index (χ1) is 9.10. The molecule has 0 aliphatic heterocycles. The van der Waals surface area contributed by atoms with E-state index in [4.69, 9.17) is 16.3 Å². The van der Waals surface area contributed by atoms with Crippen LogP contribution >= 0.6 is 27.5 Å². The molecule has 2 aromatic rings. The van der Waals surface area contributed by atoms with E-state index in [1.807, 2.05) is 50.4 Å². The van der Waals surface area contributed by atoms with Crippen molar-refractivity contribution < 1.29 is 4.74 Å². The fourth-order valence-electron chi connectivity index (χ4n) is 1.75. The Bertz CT molecular complexity index is 586. The van der Waals surface area contributed by atoms with Gasteiger partial charge in [-0.25, -0.2) is 0 Å². The largest absolute Gasteiger partial charge is 0.455 e. The molecule has 0 aliphatic rings. The number of ether oxygens (including phenoxy) is 1. The second-order valence-electron chi connectivity index (χ2n) is 4.33. The maximum Gasteiger partial charge on any atom is 0.146 e. The number of hydrogen-bond donors (Lipinski definition) is 1. The van der Waals surface area contributed by atoms with E-state index < -0.39 is 0 Å². The third-order valence-electron chi connectivity index (χ3n) is 2.68. The minimum Gasteiger partial charge on any atom is -0.455 e. The van der Waals surface area contributed by atoms with Gasteiger partial charge in [-0.15, -0.1) is 0 Å². The Morgan fingerprint density at radius 3 is 2.53 bits per heavy atom. The van der Waals surface area contributed by atoms with Gasteiger partial charge in [0, 0.05) is 6.54 Å². The van der Waals surface area contributed by atoms with E-state index in [0.717, 1.165) is 22.3 Å². The molecule has 0 radical (unpaired) electrons. The van der Waals surface area contributed by atoms with Crippen molar-refractivity contribution in [1.82, 2.24) is 5.32 Å². The highest BCUT2D eigenvalue weighted by molar-refractivity contribution is 9.10. The van der Waals surface area contributed by atoms with E-state index in [1.54, 1.807) is 0 Å². The van der Waals surface area contributed by atoms with Gasteiger partial charge in [0.05, 0.1) is 9.50 Å². The van der Waals surface area contributed by atoms with Crippen LogP contribution in [0, 0.1) is 6.92 Å². The van der Waals surface area contributed by atoms with Crippen molar-refractivity contribution in [1.29, 1.82) is 0 Å². The molecular weight excluding hydrogens is 326 g/mol. The van der Waals surface area contributed by atoms with Crippen LogP contribution in [-0.4, -0.2) is 7.05 Å². The first kappa shape index (κ1) is 14.4. The average Bonchev–Trinajstić information content (AvgIpc) is 2.36. The Balaban J connectivity index is 2.23. The molecule has 100 valence electrons. The average molecular weight is 341 g/mol. The summed E-state index contributed by atoms with van der Waals surface area (Å²) < 4.78 is 6.75. The summed E-state index contributed by atoms with van der Waals surface area (Å²) in [4.78, 5) is 0. The number of halogens is 2. The van der Waals surface area contributed by atoms with Crippen molar-refractivity contribution >= 4 is 27.5 Å². The predicted octanol–water partition coefficient (Wildman–Crippen LogP) is 4.92. The van der Waals surface area contributed by atoms with E-state index in [9.17, 15) is 0 Å². The van der Waals surface area contributed by atoms with Gasteiger partial charge < -0.3 is 10.1 Å². The molecule has 0 unspecified atom stereocenters. The summed E-state index contributed by atoms with van der Waals surface area (Å²) in [6, 6.07) is 11.7. The van der Waals surface area contributed by atoms with Crippen molar-refractivity contribution in [2.24, 2.45) is 0 Å². The number of aryl methyl sites for hydroxylation is 1. The lowest BCUT2D eigenvalue weighted by atomic mass is 10.2. The van der Waals surface area contributed by atoms with Gasteiger partial charge in [0.1, 0.15) is 11.5 Å². The van der Waals surface area contributed by atoms with Crippen LogP contribution in [0.5, 0.6) is 11.5 Å². The quantitative estimate of drug-likeness (QED) is 0.852. The zero-order chi connectivity index (χ0) is 13.8. The van der Waals surface area contributed by atoms with Crippen molar-refractivity contribution in [3.05, 3.63) is 57.0 Å². The zero-order valence-corrected chi connectivity index (χ0v) is 13.2. The van der Waals surface area contributed by atoms with E-state index >= 15 is 0 Å². The maximum atomic E-state index is 6.23. The fourth-order valence-corrected chi connectivity index (χ4v) is 2.56. The Kier molecular flexibility index (Phi) is 4.86. The van der Waals surface area contributed by atoms with Crippen LogP contribution in [0.25, 0.3) is 0 Å². The molecule has 0 fully saturated rings. The SMILES string of the molecule is CNCc1ccc(Oc2ccc(C)cc2Br)c(Cl)c1. The second-order valence-corrected chi connectivity index (χ2v) is 5.59. The molecule has 0 heterocycles. The van der Waals surface area contributed by atoms with Gasteiger partial charge in [0.15, 0.2) is 0 Å². The normalized spacial score (nSPS) is 10.5. The maximum absolute atomic E-state index is 6.23. The Hall–Kier alpha value is -1.03. The topological polar surface area (TPSA) is 21.3 Å². The molecule has 0 saturated carbocycles. The highest BCUT2D eigenvalue weighted by atomic mass is 79.9. The zero-order valence-electron chi connectivity index (χ0n) is 10.8. The van der Waals surface area contributed by atoms with Crippen molar-refractivity contribution in [2.75, 3.05) is 7.05 Å². The van der Waals surface area contributed by atoms with Crippen LogP contribution < -0.4 is 10.1 Å². The Morgan fingerprint density at radius 2 is 1.89 bits per heavy atom. The Morgan fingerprint density at radius 1 is 1.16 bits per heavy atom. The second kappa shape index (κ2) is 6.42. The van der Waals surface area contributed by atoms with Gasteiger partial charge in [-0.3, -0.25) is 0 Å². The fraction of sp³-hybridized carbons (Fsp3) is 0.200. The lowest BCUT2D eigenvalue weighted by Gasteiger charge is -2.11. The van der Waals surface area contributed by atoms with Gasteiger partial charge in [0.2, 0.25) is 0 Å². The van der Waals surface area contributed by atoms with E-state index in [2.05, 4.69) is 21.2 Å². The van der Waals surface area contributed by atoms with E-state index in [1.165, 1.54) is 5.56 Å². The summed E-state index contributed by atoms with van der Waals surface area (Å²) in [5.41, 5.74) is 2.30. The Labute approximate surface area is 126 Å². The molecule has 19 heavy (non-hydrogen) atoms. The number of rotatable bonds is 4. The van der Waals surface area contributed by atoms with Crippen LogP contribution in [0.4, 0.5) is 0 Å². The number of nitrogens with one attached hydrogen (secondary N) is 1. The molecule has 4 heteroatoms. The van der Waals surface area contributed by atoms with Gasteiger partial charge in [-0.2, -0.15) is 0 Å². The lowest BCUT2D eigenvalue weighted by Crippen LogP contribution is -2.04. The van der Waals surface area contributed by atoms with E-state index in [-0.39, 0.29) is 0 Å². The summed E-state index contributed by atoms with van der Waals surface area (Å²) >= 11 is 9.72. The molecule has 0 atom stereocenters. The molecule has 0 bridgehead atoms. The summed E-state index contributed by atoms with van der Waals surface area (Å²) in [6.45, 7) is 2.82. The summed E-state index contributed by atoms with van der Waals surface area (Å²) in [7, 11) is 1.90. The minimum absolute atomic E-state index is 0.611. The molecule has 0 aliphatic carbocycles. The highest BCUT2D eigenvalue weighted by Gasteiger charge is 2.07. The third kappa shape index (κ3) is 3.72. The van der Waals surface area contributed by atoms with Gasteiger partial charge >= 0.3 is 0 Å². The van der Waals surface area contributed by atoms with Crippen LogP contribution in [0.2, 0.25) is 5.02 Å². The van der Waals surface area contributed by atoms with E-state index in [0.29, 0.717) is 10.8 Å². The van der Waals surface area contributed by atoms with Crippen LogP contribution in [0.3, 0.4) is 0 Å². The first-order valence-electron chi connectivity index (χ1n) is 5.97.